The van der Waals surface area contributed by atoms with E-state index in [1.54, 1.807) is 17.6 Å². The number of carbonyl (C=O) groups excluding carboxylic acids is 1. The number of anilines is 1. The molecule has 0 spiro atoms. The van der Waals surface area contributed by atoms with Gasteiger partial charge in [-0.2, -0.15) is 0 Å². The summed E-state index contributed by atoms with van der Waals surface area (Å²) in [6.07, 6.45) is 1.48. The summed E-state index contributed by atoms with van der Waals surface area (Å²) in [5, 5.41) is 2.78. The van der Waals surface area contributed by atoms with E-state index in [9.17, 15) is 9.59 Å². The molecule has 3 heterocycles. The fraction of sp³-hybridized carbons (Fsp3) is 0.381. The van der Waals surface area contributed by atoms with Crippen LogP contribution < -0.4 is 10.3 Å². The third-order valence-corrected chi connectivity index (χ3v) is 5.96. The summed E-state index contributed by atoms with van der Waals surface area (Å²) >= 11 is 1.45. The van der Waals surface area contributed by atoms with Gasteiger partial charge >= 0.3 is 5.97 Å². The Balaban J connectivity index is 1.80. The van der Waals surface area contributed by atoms with Crippen molar-refractivity contribution in [1.82, 2.24) is 9.55 Å². The van der Waals surface area contributed by atoms with Gasteiger partial charge in [-0.15, -0.1) is 11.3 Å². The molecule has 158 valence electrons. The summed E-state index contributed by atoms with van der Waals surface area (Å²) in [5.41, 5.74) is 0.759. The van der Waals surface area contributed by atoms with E-state index in [-0.39, 0.29) is 17.6 Å². The molecule has 4 rings (SSSR count). The second-order valence-corrected chi connectivity index (χ2v) is 7.68. The monoisotopic (exact) mass is 431 g/mol. The van der Waals surface area contributed by atoms with Crippen molar-refractivity contribution in [2.75, 3.05) is 37.8 Å². The molecule has 0 saturated carbocycles. The van der Waals surface area contributed by atoms with Crippen LogP contribution in [0.3, 0.4) is 0 Å². The first-order valence-corrected chi connectivity index (χ1v) is 10.7. The first-order chi connectivity index (χ1) is 14.5. The fourth-order valence-electron chi connectivity index (χ4n) is 3.51. The zero-order valence-electron chi connectivity index (χ0n) is 16.8. The molecular formula is C21H22FN3O4S. The molecule has 0 amide bonds. The number of carbonyl (C=O) groups is 1. The van der Waals surface area contributed by atoms with Crippen LogP contribution >= 0.6 is 11.3 Å². The van der Waals surface area contributed by atoms with Gasteiger partial charge < -0.3 is 18.9 Å². The highest BCUT2D eigenvalue weighted by Gasteiger charge is 2.21. The summed E-state index contributed by atoms with van der Waals surface area (Å²) in [5.74, 6) is -1.26. The van der Waals surface area contributed by atoms with E-state index < -0.39 is 17.2 Å². The number of fused-ring (bicyclic) bond motifs is 1. The summed E-state index contributed by atoms with van der Waals surface area (Å²) in [6.45, 7) is 7.01. The van der Waals surface area contributed by atoms with Crippen molar-refractivity contribution in [2.45, 2.75) is 20.4 Å². The molecule has 2 aromatic heterocycles. The maximum Gasteiger partial charge on any atom is 0.343 e. The predicted molar refractivity (Wildman–Crippen MR) is 114 cm³/mol. The van der Waals surface area contributed by atoms with Crippen LogP contribution in [-0.4, -0.2) is 48.4 Å². The topological polar surface area (TPSA) is 73.7 Å². The number of hydrogen-bond donors (Lipinski definition) is 0. The van der Waals surface area contributed by atoms with Gasteiger partial charge in [-0.3, -0.25) is 4.79 Å². The van der Waals surface area contributed by atoms with Gasteiger partial charge in [0.1, 0.15) is 11.4 Å². The normalized spacial score (nSPS) is 14.3. The summed E-state index contributed by atoms with van der Waals surface area (Å²) in [6, 6.07) is 2.82. The van der Waals surface area contributed by atoms with Crippen LogP contribution in [0.4, 0.5) is 9.52 Å². The smallest absolute Gasteiger partial charge is 0.343 e. The molecule has 0 atom stereocenters. The molecule has 9 heteroatoms. The molecule has 1 aliphatic rings. The molecule has 0 N–H and O–H groups in total. The Kier molecular flexibility index (Phi) is 5.83. The lowest BCUT2D eigenvalue weighted by Crippen LogP contribution is -2.36. The van der Waals surface area contributed by atoms with Gasteiger partial charge in [0.2, 0.25) is 5.43 Å². The maximum atomic E-state index is 15.0. The van der Waals surface area contributed by atoms with Crippen molar-refractivity contribution < 1.29 is 18.7 Å². The van der Waals surface area contributed by atoms with Crippen molar-refractivity contribution >= 4 is 33.3 Å². The van der Waals surface area contributed by atoms with Gasteiger partial charge in [-0.05, 0) is 26.0 Å². The number of ether oxygens (including phenoxy) is 2. The molecule has 1 aliphatic heterocycles. The van der Waals surface area contributed by atoms with Crippen LogP contribution in [0.5, 0.6) is 0 Å². The number of nitrogens with zero attached hydrogens (tertiary/aromatic N) is 3. The predicted octanol–water partition coefficient (Wildman–Crippen LogP) is 3.30. The van der Waals surface area contributed by atoms with E-state index >= 15 is 4.39 Å². The Morgan fingerprint density at radius 2 is 2.07 bits per heavy atom. The molecular weight excluding hydrogens is 409 g/mol. The van der Waals surface area contributed by atoms with Crippen LogP contribution in [0.25, 0.3) is 22.2 Å². The zero-order chi connectivity index (χ0) is 21.3. The number of pyridine rings is 1. The average molecular weight is 431 g/mol. The van der Waals surface area contributed by atoms with E-state index in [0.29, 0.717) is 36.5 Å². The molecule has 30 heavy (non-hydrogen) atoms. The zero-order valence-corrected chi connectivity index (χ0v) is 17.6. The van der Waals surface area contributed by atoms with E-state index in [1.807, 2.05) is 12.3 Å². The largest absolute Gasteiger partial charge is 0.462 e. The Bertz CT molecular complexity index is 1150. The molecule has 3 aromatic rings. The highest BCUT2D eigenvalue weighted by atomic mass is 32.1. The van der Waals surface area contributed by atoms with Crippen molar-refractivity contribution in [2.24, 2.45) is 0 Å². The number of aromatic nitrogens is 2. The van der Waals surface area contributed by atoms with Gasteiger partial charge in [0, 0.05) is 42.2 Å². The lowest BCUT2D eigenvalue weighted by atomic mass is 10.1. The lowest BCUT2D eigenvalue weighted by Gasteiger charge is -2.26. The molecule has 0 bridgehead atoms. The number of morpholine rings is 1. The summed E-state index contributed by atoms with van der Waals surface area (Å²) < 4.78 is 27.1. The van der Waals surface area contributed by atoms with Crippen molar-refractivity contribution in [3.8, 4) is 11.3 Å². The van der Waals surface area contributed by atoms with Crippen LogP contribution in [-0.2, 0) is 16.0 Å². The van der Waals surface area contributed by atoms with E-state index in [0.717, 1.165) is 18.2 Å². The van der Waals surface area contributed by atoms with Gasteiger partial charge in [0.15, 0.2) is 5.13 Å². The van der Waals surface area contributed by atoms with E-state index in [1.165, 1.54) is 23.6 Å². The number of thiazole rings is 1. The van der Waals surface area contributed by atoms with Crippen LogP contribution in [0.15, 0.2) is 28.5 Å². The minimum Gasteiger partial charge on any atom is -0.462 e. The van der Waals surface area contributed by atoms with Gasteiger partial charge in [-0.1, -0.05) is 0 Å². The molecule has 0 radical (unpaired) electrons. The first kappa shape index (κ1) is 20.5. The number of rotatable bonds is 5. The third kappa shape index (κ3) is 3.70. The number of hydrogen-bond acceptors (Lipinski definition) is 7. The molecule has 1 fully saturated rings. The molecule has 1 aromatic carbocycles. The molecule has 0 aliphatic carbocycles. The Hall–Kier alpha value is -2.78. The Morgan fingerprint density at radius 1 is 1.30 bits per heavy atom. The van der Waals surface area contributed by atoms with Gasteiger partial charge in [-0.25, -0.2) is 14.2 Å². The number of aryl methyl sites for hydroxylation is 1. The fourth-order valence-corrected chi connectivity index (χ4v) is 4.39. The van der Waals surface area contributed by atoms with Gasteiger partial charge in [0.05, 0.1) is 31.0 Å². The third-order valence-electron chi connectivity index (χ3n) is 5.05. The minimum atomic E-state index is -0.703. The second kappa shape index (κ2) is 8.53. The van der Waals surface area contributed by atoms with Gasteiger partial charge in [0.25, 0.3) is 0 Å². The van der Waals surface area contributed by atoms with Crippen LogP contribution in [0, 0.1) is 5.82 Å². The lowest BCUT2D eigenvalue weighted by molar-refractivity contribution is 0.0524. The summed E-state index contributed by atoms with van der Waals surface area (Å²) in [4.78, 5) is 31.7. The van der Waals surface area contributed by atoms with E-state index in [4.69, 9.17) is 9.47 Å². The molecule has 7 nitrogen and oxygen atoms in total. The Morgan fingerprint density at radius 3 is 2.77 bits per heavy atom. The van der Waals surface area contributed by atoms with Crippen molar-refractivity contribution in [3.05, 3.63) is 45.3 Å². The second-order valence-electron chi connectivity index (χ2n) is 6.84. The molecule has 0 unspecified atom stereocenters. The summed E-state index contributed by atoms with van der Waals surface area (Å²) in [7, 11) is 0. The standard InChI is InChI=1S/C21H22FN3O4S/c1-3-24-11-15(20(27)29-4-2)19(26)14-9-16(22)13(10-18(14)24)17-12-30-21(23-17)25-5-7-28-8-6-25/h9-12H,3-8H2,1-2H3. The average Bonchev–Trinajstić information content (AvgIpc) is 3.25. The Labute approximate surface area is 176 Å². The quantitative estimate of drug-likeness (QED) is 0.577. The number of halogens is 1. The highest BCUT2D eigenvalue weighted by molar-refractivity contribution is 7.14. The van der Waals surface area contributed by atoms with E-state index in [2.05, 4.69) is 9.88 Å². The molecule has 1 saturated heterocycles. The SMILES string of the molecule is CCOC(=O)c1cn(CC)c2cc(-c3csc(N4CCOCC4)n3)c(F)cc2c1=O. The maximum absolute atomic E-state index is 15.0. The highest BCUT2D eigenvalue weighted by Crippen LogP contribution is 2.31. The van der Waals surface area contributed by atoms with Crippen LogP contribution in [0.1, 0.15) is 24.2 Å². The number of esters is 1. The van der Waals surface area contributed by atoms with Crippen molar-refractivity contribution in [1.29, 1.82) is 0 Å². The minimum absolute atomic E-state index is 0.0957. The van der Waals surface area contributed by atoms with Crippen molar-refractivity contribution in [3.63, 3.8) is 0 Å². The van der Waals surface area contributed by atoms with Crippen LogP contribution in [0.2, 0.25) is 0 Å². The first-order valence-electron chi connectivity index (χ1n) is 9.85. The number of benzene rings is 1.